The summed E-state index contributed by atoms with van der Waals surface area (Å²) in [7, 11) is 0. The molecule has 10 heteroatoms. The van der Waals surface area contributed by atoms with Crippen molar-refractivity contribution in [1.29, 1.82) is 0 Å². The van der Waals surface area contributed by atoms with Crippen LogP contribution in [-0.2, 0) is 6.54 Å². The van der Waals surface area contributed by atoms with Crippen LogP contribution in [0.2, 0.25) is 5.02 Å². The maximum absolute atomic E-state index is 6.04. The lowest BCUT2D eigenvalue weighted by molar-refractivity contribution is 0.410. The number of nitrogens with zero attached hydrogens (tertiary/aromatic N) is 5. The lowest BCUT2D eigenvalue weighted by Gasteiger charge is -2.26. The molecular formula is C20H28ClN9. The highest BCUT2D eigenvalue weighted by Crippen LogP contribution is 2.26. The number of fused-ring (bicyclic) bond motifs is 1. The van der Waals surface area contributed by atoms with Gasteiger partial charge >= 0.3 is 0 Å². The van der Waals surface area contributed by atoms with Crippen LogP contribution in [0.1, 0.15) is 51.1 Å². The van der Waals surface area contributed by atoms with E-state index >= 15 is 0 Å². The average Bonchev–Trinajstić information content (AvgIpc) is 3.15. The lowest BCUT2D eigenvalue weighted by atomic mass is 9.92. The van der Waals surface area contributed by atoms with Crippen molar-refractivity contribution in [1.82, 2.24) is 25.0 Å². The molecule has 1 aliphatic rings. The molecule has 1 aliphatic carbocycles. The molecular weight excluding hydrogens is 402 g/mol. The van der Waals surface area contributed by atoms with Gasteiger partial charge < -0.3 is 22.1 Å². The van der Waals surface area contributed by atoms with Crippen molar-refractivity contribution in [2.45, 2.75) is 64.2 Å². The third kappa shape index (κ3) is 4.41. The van der Waals surface area contributed by atoms with E-state index in [0.29, 0.717) is 52.3 Å². The summed E-state index contributed by atoms with van der Waals surface area (Å²) in [4.78, 5) is 9.42. The largest absolute Gasteiger partial charge is 0.398 e. The smallest absolute Gasteiger partial charge is 0.227 e. The molecule has 1 fully saturated rings. The molecule has 0 saturated heterocycles. The van der Waals surface area contributed by atoms with Gasteiger partial charge in [-0.3, -0.25) is 0 Å². The first-order valence-electron chi connectivity index (χ1n) is 10.3. The zero-order chi connectivity index (χ0) is 21.3. The predicted molar refractivity (Wildman–Crippen MR) is 121 cm³/mol. The summed E-state index contributed by atoms with van der Waals surface area (Å²) in [5, 5.41) is 16.0. The van der Waals surface area contributed by atoms with Crippen molar-refractivity contribution < 1.29 is 0 Å². The maximum atomic E-state index is 6.04. The normalized spacial score (nSPS) is 19.4. The number of hydrogen-bond donors (Lipinski definition) is 4. The molecule has 0 aliphatic heterocycles. The first kappa shape index (κ1) is 20.6. The molecule has 0 radical (unpaired) electrons. The molecule has 0 unspecified atom stereocenters. The Morgan fingerprint density at radius 3 is 2.67 bits per heavy atom. The molecule has 1 aromatic carbocycles. The molecule has 9 nitrogen and oxygen atoms in total. The van der Waals surface area contributed by atoms with Crippen LogP contribution < -0.4 is 22.1 Å². The minimum absolute atomic E-state index is 0.134. The summed E-state index contributed by atoms with van der Waals surface area (Å²) in [6.45, 7) is 4.63. The van der Waals surface area contributed by atoms with Crippen molar-refractivity contribution in [3.63, 3.8) is 0 Å². The first-order valence-corrected chi connectivity index (χ1v) is 10.7. The van der Waals surface area contributed by atoms with Gasteiger partial charge in [-0.1, -0.05) is 22.9 Å². The van der Waals surface area contributed by atoms with Crippen molar-refractivity contribution in [3.8, 4) is 0 Å². The molecule has 0 spiro atoms. The van der Waals surface area contributed by atoms with Crippen molar-refractivity contribution in [3.05, 3.63) is 28.8 Å². The van der Waals surface area contributed by atoms with E-state index in [0.717, 1.165) is 31.2 Å². The molecule has 160 valence electrons. The van der Waals surface area contributed by atoms with Gasteiger partial charge in [-0.05, 0) is 57.2 Å². The highest BCUT2D eigenvalue weighted by atomic mass is 35.5. The predicted octanol–water partition coefficient (Wildman–Crippen LogP) is 3.33. The number of nitrogen functional groups attached to an aromatic ring is 1. The Bertz CT molecular complexity index is 1020. The molecule has 4 rings (SSSR count). The molecule has 2 aromatic heterocycles. The number of rotatable bonds is 6. The number of halogens is 1. The van der Waals surface area contributed by atoms with Crippen LogP contribution in [0.3, 0.4) is 0 Å². The Morgan fingerprint density at radius 1 is 1.20 bits per heavy atom. The van der Waals surface area contributed by atoms with E-state index in [9.17, 15) is 0 Å². The summed E-state index contributed by atoms with van der Waals surface area (Å²) in [6, 6.07) is 6.31. The van der Waals surface area contributed by atoms with E-state index in [2.05, 4.69) is 34.8 Å². The second kappa shape index (κ2) is 8.61. The first-order chi connectivity index (χ1) is 14.4. The van der Waals surface area contributed by atoms with Gasteiger partial charge in [0.05, 0.1) is 16.8 Å². The summed E-state index contributed by atoms with van der Waals surface area (Å²) in [5.74, 6) is 1.21. The molecule has 0 bridgehead atoms. The SMILES string of the molecule is CC(C)n1nnc2c(NCc3ccc(Cl)c(N)c3)nc(NC3CCC(N)CC3)nc21. The van der Waals surface area contributed by atoms with E-state index in [1.165, 1.54) is 0 Å². The van der Waals surface area contributed by atoms with Crippen LogP contribution >= 0.6 is 11.6 Å². The fourth-order valence-corrected chi connectivity index (χ4v) is 3.82. The van der Waals surface area contributed by atoms with Gasteiger partial charge in [-0.15, -0.1) is 5.10 Å². The Labute approximate surface area is 180 Å². The van der Waals surface area contributed by atoms with Crippen LogP contribution in [0.4, 0.5) is 17.5 Å². The van der Waals surface area contributed by atoms with Gasteiger partial charge in [0.2, 0.25) is 5.95 Å². The van der Waals surface area contributed by atoms with Gasteiger partial charge in [0.25, 0.3) is 0 Å². The van der Waals surface area contributed by atoms with Crippen LogP contribution in [0.25, 0.3) is 11.2 Å². The summed E-state index contributed by atoms with van der Waals surface area (Å²) < 4.78 is 1.81. The third-order valence-electron chi connectivity index (χ3n) is 5.44. The molecule has 30 heavy (non-hydrogen) atoms. The standard InChI is InChI=1S/C20H28ClN9/c1-11(2)30-19-17(28-29-30)18(24-10-12-3-8-15(21)16(23)9-12)26-20(27-19)25-14-6-4-13(22)5-7-14/h3,8-9,11,13-14H,4-7,10,22-23H2,1-2H3,(H2,24,25,26,27). The van der Waals surface area contributed by atoms with Crippen LogP contribution in [0.15, 0.2) is 18.2 Å². The van der Waals surface area contributed by atoms with Gasteiger partial charge in [0.15, 0.2) is 17.0 Å². The van der Waals surface area contributed by atoms with Crippen LogP contribution in [0, 0.1) is 0 Å². The number of benzene rings is 1. The molecule has 2 heterocycles. The minimum atomic E-state index is 0.134. The van der Waals surface area contributed by atoms with Crippen molar-refractivity contribution >= 4 is 40.2 Å². The molecule has 3 aromatic rings. The fraction of sp³-hybridized carbons (Fsp3) is 0.500. The van der Waals surface area contributed by atoms with E-state index in [-0.39, 0.29) is 6.04 Å². The third-order valence-corrected chi connectivity index (χ3v) is 5.78. The van der Waals surface area contributed by atoms with Crippen molar-refractivity contribution in [2.24, 2.45) is 5.73 Å². The quantitative estimate of drug-likeness (QED) is 0.438. The summed E-state index contributed by atoms with van der Waals surface area (Å²) >= 11 is 6.03. The highest BCUT2D eigenvalue weighted by molar-refractivity contribution is 6.33. The van der Waals surface area contributed by atoms with Crippen LogP contribution in [0.5, 0.6) is 0 Å². The van der Waals surface area contributed by atoms with Gasteiger partial charge in [-0.25, -0.2) is 4.68 Å². The van der Waals surface area contributed by atoms with Gasteiger partial charge in [-0.2, -0.15) is 9.97 Å². The highest BCUT2D eigenvalue weighted by Gasteiger charge is 2.21. The molecule has 0 amide bonds. The second-order valence-electron chi connectivity index (χ2n) is 8.16. The molecule has 1 saturated carbocycles. The van der Waals surface area contributed by atoms with Gasteiger partial charge in [0, 0.05) is 18.6 Å². The number of nitrogens with two attached hydrogens (primary N) is 2. The Hall–Kier alpha value is -2.65. The van der Waals surface area contributed by atoms with E-state index < -0.39 is 0 Å². The second-order valence-corrected chi connectivity index (χ2v) is 8.57. The monoisotopic (exact) mass is 429 g/mol. The molecule has 0 atom stereocenters. The Kier molecular flexibility index (Phi) is 5.92. The van der Waals surface area contributed by atoms with E-state index in [1.807, 2.05) is 16.8 Å². The average molecular weight is 430 g/mol. The number of nitrogens with one attached hydrogen (secondary N) is 2. The molecule has 6 N–H and O–H groups in total. The zero-order valence-electron chi connectivity index (χ0n) is 17.3. The topological polar surface area (TPSA) is 133 Å². The van der Waals surface area contributed by atoms with Gasteiger partial charge in [0.1, 0.15) is 0 Å². The lowest BCUT2D eigenvalue weighted by Crippen LogP contribution is -2.33. The zero-order valence-corrected chi connectivity index (χ0v) is 18.0. The van der Waals surface area contributed by atoms with Crippen LogP contribution in [-0.4, -0.2) is 37.0 Å². The maximum Gasteiger partial charge on any atom is 0.227 e. The minimum Gasteiger partial charge on any atom is -0.398 e. The van der Waals surface area contributed by atoms with E-state index in [4.69, 9.17) is 33.0 Å². The fourth-order valence-electron chi connectivity index (χ4n) is 3.70. The summed E-state index contributed by atoms with van der Waals surface area (Å²) in [5.41, 5.74) is 14.8. The van der Waals surface area contributed by atoms with E-state index in [1.54, 1.807) is 6.07 Å². The number of hydrogen-bond acceptors (Lipinski definition) is 8. The Balaban J connectivity index is 1.62. The van der Waals surface area contributed by atoms with Crippen molar-refractivity contribution in [2.75, 3.05) is 16.4 Å². The summed E-state index contributed by atoms with van der Waals surface area (Å²) in [6.07, 6.45) is 4.04. The number of anilines is 3. The number of aromatic nitrogens is 5. The Morgan fingerprint density at radius 2 is 1.97 bits per heavy atom.